The number of carbonyl (C=O) groups excluding carboxylic acids is 2. The van der Waals surface area contributed by atoms with Crippen molar-refractivity contribution in [1.29, 1.82) is 0 Å². The summed E-state index contributed by atoms with van der Waals surface area (Å²) in [6.45, 7) is 14.6. The van der Waals surface area contributed by atoms with Gasteiger partial charge in [0.1, 0.15) is 17.6 Å². The van der Waals surface area contributed by atoms with Crippen LogP contribution in [0.2, 0.25) is 5.04 Å². The number of methoxy groups -OCH3 is 1. The maximum absolute atomic E-state index is 13.3. The van der Waals surface area contributed by atoms with Crippen molar-refractivity contribution >= 4 is 30.4 Å². The zero-order chi connectivity index (χ0) is 32.7. The van der Waals surface area contributed by atoms with Crippen LogP contribution in [0.4, 0.5) is 0 Å². The summed E-state index contributed by atoms with van der Waals surface area (Å²) in [4.78, 5) is 26.5. The lowest BCUT2D eigenvalue weighted by Gasteiger charge is -2.46. The largest absolute Gasteiger partial charge is 0.497 e. The van der Waals surface area contributed by atoms with E-state index < -0.39 is 25.9 Å². The Morgan fingerprint density at radius 2 is 1.53 bits per heavy atom. The smallest absolute Gasteiger partial charge is 0.308 e. The Hall–Kier alpha value is -3.52. The van der Waals surface area contributed by atoms with Gasteiger partial charge in [-0.2, -0.15) is 0 Å². The van der Waals surface area contributed by atoms with E-state index >= 15 is 0 Å². The summed E-state index contributed by atoms with van der Waals surface area (Å²) < 4.78 is 25.0. The predicted octanol–water partition coefficient (Wildman–Crippen LogP) is 6.79. The van der Waals surface area contributed by atoms with E-state index in [9.17, 15) is 9.59 Å². The molecule has 1 unspecified atom stereocenters. The monoisotopic (exact) mass is 628 g/mol. The average molecular weight is 629 g/mol. The van der Waals surface area contributed by atoms with Crippen LogP contribution in [0.15, 0.2) is 97.6 Å². The van der Waals surface area contributed by atoms with Crippen LogP contribution in [0.5, 0.6) is 5.75 Å². The first-order valence-electron chi connectivity index (χ1n) is 15.8. The first-order valence-corrected chi connectivity index (χ1v) is 17.7. The average Bonchev–Trinajstić information content (AvgIpc) is 3.02. The number of benzene rings is 3. The van der Waals surface area contributed by atoms with Crippen LogP contribution in [-0.4, -0.2) is 45.5 Å². The molecule has 1 aliphatic heterocycles. The highest BCUT2D eigenvalue weighted by molar-refractivity contribution is 6.99. The summed E-state index contributed by atoms with van der Waals surface area (Å²) in [6.07, 6.45) is 1.61. The minimum absolute atomic E-state index is 0.0273. The molecule has 1 fully saturated rings. The molecule has 4 rings (SSSR count). The number of hydrogen-bond acceptors (Lipinski definition) is 6. The molecule has 0 aliphatic carbocycles. The van der Waals surface area contributed by atoms with Gasteiger partial charge in [-0.25, -0.2) is 0 Å². The van der Waals surface area contributed by atoms with Crippen LogP contribution in [0.25, 0.3) is 0 Å². The molecule has 0 saturated carbocycles. The summed E-state index contributed by atoms with van der Waals surface area (Å²) in [5.74, 6) is 0.496. The van der Waals surface area contributed by atoms with Gasteiger partial charge in [-0.1, -0.05) is 113 Å². The van der Waals surface area contributed by atoms with E-state index in [4.69, 9.17) is 18.6 Å². The highest BCUT2D eigenvalue weighted by Gasteiger charge is 2.52. The second kappa shape index (κ2) is 14.7. The van der Waals surface area contributed by atoms with Crippen molar-refractivity contribution in [3.05, 3.63) is 103 Å². The highest BCUT2D eigenvalue weighted by Crippen LogP contribution is 2.40. The Morgan fingerprint density at radius 1 is 0.956 bits per heavy atom. The molecule has 45 heavy (non-hydrogen) atoms. The lowest BCUT2D eigenvalue weighted by molar-refractivity contribution is -0.165. The molecule has 0 N–H and O–H groups in total. The molecular weight excluding hydrogens is 580 g/mol. The van der Waals surface area contributed by atoms with E-state index in [1.165, 1.54) is 0 Å². The van der Waals surface area contributed by atoms with Crippen LogP contribution >= 0.6 is 0 Å². The summed E-state index contributed by atoms with van der Waals surface area (Å²) >= 11 is 0. The molecule has 3 atom stereocenters. The van der Waals surface area contributed by atoms with Crippen molar-refractivity contribution in [3.8, 4) is 5.75 Å². The third-order valence-corrected chi connectivity index (χ3v) is 14.0. The summed E-state index contributed by atoms with van der Waals surface area (Å²) in [6, 6.07) is 28.5. The summed E-state index contributed by atoms with van der Waals surface area (Å²) in [7, 11) is -1.25. The van der Waals surface area contributed by atoms with Crippen molar-refractivity contribution < 1.29 is 28.2 Å². The molecule has 3 aromatic rings. The number of rotatable bonds is 14. The zero-order valence-electron chi connectivity index (χ0n) is 27.6. The van der Waals surface area contributed by atoms with Crippen molar-refractivity contribution in [3.63, 3.8) is 0 Å². The zero-order valence-corrected chi connectivity index (χ0v) is 28.6. The van der Waals surface area contributed by atoms with Gasteiger partial charge >= 0.3 is 5.97 Å². The maximum atomic E-state index is 13.3. The van der Waals surface area contributed by atoms with E-state index in [2.05, 4.69) is 75.9 Å². The molecule has 7 heteroatoms. The minimum Gasteiger partial charge on any atom is -0.497 e. The summed E-state index contributed by atoms with van der Waals surface area (Å²) in [5, 5.41) is 2.10. The number of esters is 1. The Bertz CT molecular complexity index is 1370. The van der Waals surface area contributed by atoms with E-state index in [0.717, 1.165) is 21.7 Å². The molecule has 1 heterocycles. The van der Waals surface area contributed by atoms with Crippen LogP contribution < -0.4 is 15.1 Å². The molecule has 0 aromatic heterocycles. The number of hydrogen-bond donors (Lipinski definition) is 0. The van der Waals surface area contributed by atoms with Gasteiger partial charge in [0.05, 0.1) is 32.3 Å². The molecule has 0 spiro atoms. The summed E-state index contributed by atoms with van der Waals surface area (Å²) in [5.41, 5.74) is 0.125. The predicted molar refractivity (Wildman–Crippen MR) is 181 cm³/mol. The number of Topliss-reactive ketones (excluding diaryl/α,β-unsaturated/α-hetero) is 1. The molecule has 1 aliphatic rings. The second-order valence-corrected chi connectivity index (χ2v) is 17.7. The van der Waals surface area contributed by atoms with E-state index in [1.807, 2.05) is 50.2 Å². The third-order valence-electron chi connectivity index (χ3n) is 8.92. The van der Waals surface area contributed by atoms with Gasteiger partial charge in [-0.3, -0.25) is 9.59 Å². The lowest BCUT2D eigenvalue weighted by atomic mass is 9.77. The van der Waals surface area contributed by atoms with Crippen molar-refractivity contribution in [2.45, 2.75) is 90.3 Å². The molecule has 0 amide bonds. The van der Waals surface area contributed by atoms with Crippen molar-refractivity contribution in [1.82, 2.24) is 0 Å². The number of carbonyl (C=O) groups is 2. The first-order chi connectivity index (χ1) is 21.4. The van der Waals surface area contributed by atoms with Gasteiger partial charge in [-0.05, 0) is 33.1 Å². The van der Waals surface area contributed by atoms with Crippen molar-refractivity contribution in [2.75, 3.05) is 7.11 Å². The van der Waals surface area contributed by atoms with Gasteiger partial charge in [0.25, 0.3) is 8.32 Å². The van der Waals surface area contributed by atoms with Gasteiger partial charge in [0, 0.05) is 24.7 Å². The van der Waals surface area contributed by atoms with Crippen LogP contribution in [0.1, 0.15) is 65.9 Å². The molecule has 1 saturated heterocycles. The normalized spacial score (nSPS) is 18.1. The Kier molecular flexibility index (Phi) is 11.2. The quantitative estimate of drug-likeness (QED) is 0.111. The van der Waals surface area contributed by atoms with Gasteiger partial charge in [0.15, 0.2) is 0 Å². The number of allylic oxidation sites excluding steroid dienone is 1. The number of ketones is 1. The standard InChI is InChI=1S/C38H48O6Si/c1-8-15-34(39)38(5,6)35(42-27-28-20-22-29(41-7)23-21-28)25-30-24-31(26-36(40)43-30)44-45(37(2,3)4,32-16-11-9-12-17-32)33-18-13-10-14-19-33/h8-14,16-23,30-31,35H,1,15,24-27H2,2-7H3/t30?,31-,35+/m1/s1. The molecular formula is C38H48O6Si. The number of ether oxygens (including phenoxy) is 3. The fourth-order valence-corrected chi connectivity index (χ4v) is 11.0. The minimum atomic E-state index is -2.88. The van der Waals surface area contributed by atoms with Gasteiger partial charge in [-0.15, -0.1) is 6.58 Å². The van der Waals surface area contributed by atoms with E-state index in [0.29, 0.717) is 19.4 Å². The molecule has 6 nitrogen and oxygen atoms in total. The molecule has 3 aromatic carbocycles. The topological polar surface area (TPSA) is 71.1 Å². The van der Waals surface area contributed by atoms with E-state index in [-0.39, 0.29) is 35.7 Å². The molecule has 240 valence electrons. The Labute approximate surface area is 269 Å². The fraction of sp³-hybridized carbons (Fsp3) is 0.421. The lowest BCUT2D eigenvalue weighted by Crippen LogP contribution is -2.68. The van der Waals surface area contributed by atoms with Crippen molar-refractivity contribution in [2.24, 2.45) is 5.41 Å². The SMILES string of the molecule is C=CCC(=O)C(C)(C)[C@H](CC1C[C@@H](O[Si](c2ccccc2)(c2ccccc2)C(C)(C)C)CC(=O)O1)OCc1ccc(OC)cc1. The van der Waals surface area contributed by atoms with Crippen LogP contribution in [0, 0.1) is 5.41 Å². The van der Waals surface area contributed by atoms with Gasteiger partial charge in [0.2, 0.25) is 0 Å². The second-order valence-electron chi connectivity index (χ2n) is 13.5. The fourth-order valence-electron chi connectivity index (χ4n) is 6.32. The Balaban J connectivity index is 1.63. The number of cyclic esters (lactones) is 1. The van der Waals surface area contributed by atoms with E-state index in [1.54, 1.807) is 13.2 Å². The van der Waals surface area contributed by atoms with Crippen LogP contribution in [0.3, 0.4) is 0 Å². The molecule has 0 radical (unpaired) electrons. The Morgan fingerprint density at radius 3 is 2.04 bits per heavy atom. The maximum Gasteiger partial charge on any atom is 0.308 e. The van der Waals surface area contributed by atoms with Crippen LogP contribution in [-0.2, 0) is 30.1 Å². The third kappa shape index (κ3) is 8.01. The highest BCUT2D eigenvalue weighted by atomic mass is 28.4. The van der Waals surface area contributed by atoms with Gasteiger partial charge < -0.3 is 18.6 Å². The molecule has 0 bridgehead atoms. The first kappa shape index (κ1) is 34.4.